The standard InChI is InChI=1S/C21H18N4O3/c1-27-14-5-6-15-16(10-14)19(17-4-2-3-8-23-17)18(11-22)25-20(15)21(26)24-13-7-9-28-12-13/h2-6,8,10,13H,7,9,12H2,1H3,(H,24,26). The molecule has 3 aromatic rings. The lowest BCUT2D eigenvalue weighted by molar-refractivity contribution is 0.0926. The van der Waals surface area contributed by atoms with Crippen LogP contribution in [0.2, 0.25) is 0 Å². The summed E-state index contributed by atoms with van der Waals surface area (Å²) in [4.78, 5) is 21.7. The lowest BCUT2D eigenvalue weighted by Crippen LogP contribution is -2.35. The summed E-state index contributed by atoms with van der Waals surface area (Å²) in [7, 11) is 1.57. The molecule has 2 aromatic heterocycles. The second-order valence-electron chi connectivity index (χ2n) is 6.46. The molecule has 28 heavy (non-hydrogen) atoms. The number of nitrogens with zero attached hydrogens (tertiary/aromatic N) is 3. The summed E-state index contributed by atoms with van der Waals surface area (Å²) in [5.41, 5.74) is 1.55. The minimum atomic E-state index is -0.324. The average molecular weight is 374 g/mol. The number of carbonyl (C=O) groups excluding carboxylic acids is 1. The van der Waals surface area contributed by atoms with Gasteiger partial charge in [-0.05, 0) is 36.8 Å². The van der Waals surface area contributed by atoms with Crippen LogP contribution in [0.5, 0.6) is 5.75 Å². The maximum absolute atomic E-state index is 12.9. The summed E-state index contributed by atoms with van der Waals surface area (Å²) in [6, 6.07) is 12.9. The van der Waals surface area contributed by atoms with E-state index in [1.807, 2.05) is 12.1 Å². The van der Waals surface area contributed by atoms with E-state index < -0.39 is 0 Å². The number of rotatable bonds is 4. The van der Waals surface area contributed by atoms with Gasteiger partial charge in [-0.2, -0.15) is 5.26 Å². The van der Waals surface area contributed by atoms with E-state index >= 15 is 0 Å². The Morgan fingerprint density at radius 3 is 2.89 bits per heavy atom. The van der Waals surface area contributed by atoms with Crippen molar-refractivity contribution in [3.05, 3.63) is 54.0 Å². The molecule has 1 atom stereocenters. The number of methoxy groups -OCH3 is 1. The number of amides is 1. The second kappa shape index (κ2) is 7.62. The van der Waals surface area contributed by atoms with Crippen LogP contribution in [0, 0.1) is 11.3 Å². The van der Waals surface area contributed by atoms with Gasteiger partial charge >= 0.3 is 0 Å². The zero-order valence-electron chi connectivity index (χ0n) is 15.3. The first kappa shape index (κ1) is 17.9. The molecule has 0 bridgehead atoms. The maximum Gasteiger partial charge on any atom is 0.270 e. The van der Waals surface area contributed by atoms with Crippen LogP contribution in [0.3, 0.4) is 0 Å². The molecular formula is C21H18N4O3. The van der Waals surface area contributed by atoms with Crippen LogP contribution in [0.25, 0.3) is 22.0 Å². The van der Waals surface area contributed by atoms with E-state index in [2.05, 4.69) is 21.4 Å². The molecule has 1 aromatic carbocycles. The van der Waals surface area contributed by atoms with Crippen LogP contribution in [0.4, 0.5) is 0 Å². The maximum atomic E-state index is 12.9. The molecule has 4 rings (SSSR count). The van der Waals surface area contributed by atoms with Crippen LogP contribution in [-0.4, -0.2) is 42.2 Å². The van der Waals surface area contributed by atoms with Gasteiger partial charge in [-0.3, -0.25) is 9.78 Å². The van der Waals surface area contributed by atoms with Gasteiger partial charge in [0.25, 0.3) is 5.91 Å². The summed E-state index contributed by atoms with van der Waals surface area (Å²) >= 11 is 0. The topological polar surface area (TPSA) is 97.1 Å². The third-order valence-electron chi connectivity index (χ3n) is 4.72. The largest absolute Gasteiger partial charge is 0.497 e. The van der Waals surface area contributed by atoms with E-state index in [9.17, 15) is 10.1 Å². The molecule has 1 fully saturated rings. The number of hydrogen-bond donors (Lipinski definition) is 1. The Morgan fingerprint density at radius 2 is 2.21 bits per heavy atom. The normalized spacial score (nSPS) is 15.9. The Kier molecular flexibility index (Phi) is 4.87. The van der Waals surface area contributed by atoms with Gasteiger partial charge in [0.1, 0.15) is 17.5 Å². The highest BCUT2D eigenvalue weighted by Crippen LogP contribution is 2.34. The Hall–Kier alpha value is -3.50. The van der Waals surface area contributed by atoms with E-state index in [1.54, 1.807) is 37.6 Å². The van der Waals surface area contributed by atoms with Crippen LogP contribution < -0.4 is 10.1 Å². The molecule has 1 N–H and O–H groups in total. The van der Waals surface area contributed by atoms with Crippen molar-refractivity contribution in [2.75, 3.05) is 20.3 Å². The van der Waals surface area contributed by atoms with E-state index in [0.717, 1.165) is 6.42 Å². The van der Waals surface area contributed by atoms with Gasteiger partial charge < -0.3 is 14.8 Å². The molecule has 0 spiro atoms. The summed E-state index contributed by atoms with van der Waals surface area (Å²) in [6.45, 7) is 1.10. The van der Waals surface area contributed by atoms with Gasteiger partial charge in [0.15, 0.2) is 5.69 Å². The Morgan fingerprint density at radius 1 is 1.32 bits per heavy atom. The van der Waals surface area contributed by atoms with Crippen molar-refractivity contribution in [1.29, 1.82) is 5.26 Å². The number of benzene rings is 1. The highest BCUT2D eigenvalue weighted by molar-refractivity contribution is 6.10. The number of hydrogen-bond acceptors (Lipinski definition) is 6. The van der Waals surface area contributed by atoms with E-state index in [1.165, 1.54) is 0 Å². The number of pyridine rings is 2. The number of nitrogens with one attached hydrogen (secondary N) is 1. The number of carbonyl (C=O) groups is 1. The Bertz CT molecular complexity index is 1070. The molecule has 7 heteroatoms. The minimum absolute atomic E-state index is 0.0522. The quantitative estimate of drug-likeness (QED) is 0.754. The lowest BCUT2D eigenvalue weighted by atomic mass is 9.98. The third-order valence-corrected chi connectivity index (χ3v) is 4.72. The third kappa shape index (κ3) is 3.26. The SMILES string of the molecule is COc1ccc2c(C(=O)NC3CCOC3)nc(C#N)c(-c3ccccn3)c2c1. The fourth-order valence-corrected chi connectivity index (χ4v) is 3.35. The lowest BCUT2D eigenvalue weighted by Gasteiger charge is -2.15. The summed E-state index contributed by atoms with van der Waals surface area (Å²) in [6.07, 6.45) is 2.41. The predicted octanol–water partition coefficient (Wildman–Crippen LogP) is 2.70. The fourth-order valence-electron chi connectivity index (χ4n) is 3.35. The molecule has 0 saturated carbocycles. The van der Waals surface area contributed by atoms with Crippen LogP contribution >= 0.6 is 0 Å². The monoisotopic (exact) mass is 374 g/mol. The molecule has 1 saturated heterocycles. The highest BCUT2D eigenvalue weighted by atomic mass is 16.5. The summed E-state index contributed by atoms with van der Waals surface area (Å²) in [5, 5.41) is 14.0. The molecule has 140 valence electrons. The van der Waals surface area contributed by atoms with E-state index in [-0.39, 0.29) is 23.3 Å². The minimum Gasteiger partial charge on any atom is -0.497 e. The molecule has 1 aliphatic rings. The Labute approximate surface area is 161 Å². The highest BCUT2D eigenvalue weighted by Gasteiger charge is 2.24. The second-order valence-corrected chi connectivity index (χ2v) is 6.46. The van der Waals surface area contributed by atoms with Gasteiger partial charge in [0.2, 0.25) is 0 Å². The van der Waals surface area contributed by atoms with Crippen molar-refractivity contribution in [2.24, 2.45) is 0 Å². The molecule has 7 nitrogen and oxygen atoms in total. The first-order chi connectivity index (χ1) is 13.7. The van der Waals surface area contributed by atoms with Crippen molar-refractivity contribution in [3.63, 3.8) is 0 Å². The van der Waals surface area contributed by atoms with Gasteiger partial charge in [-0.15, -0.1) is 0 Å². The zero-order valence-corrected chi connectivity index (χ0v) is 15.3. The molecule has 1 amide bonds. The van der Waals surface area contributed by atoms with Crippen molar-refractivity contribution in [2.45, 2.75) is 12.5 Å². The van der Waals surface area contributed by atoms with E-state index in [4.69, 9.17) is 9.47 Å². The molecule has 1 unspecified atom stereocenters. The van der Waals surface area contributed by atoms with Crippen molar-refractivity contribution in [1.82, 2.24) is 15.3 Å². The predicted molar refractivity (Wildman–Crippen MR) is 103 cm³/mol. The number of ether oxygens (including phenoxy) is 2. The molecule has 1 aliphatic heterocycles. The van der Waals surface area contributed by atoms with Crippen molar-refractivity contribution < 1.29 is 14.3 Å². The number of nitriles is 1. The van der Waals surface area contributed by atoms with Crippen molar-refractivity contribution >= 4 is 16.7 Å². The van der Waals surface area contributed by atoms with Crippen LogP contribution in [-0.2, 0) is 4.74 Å². The van der Waals surface area contributed by atoms with Gasteiger partial charge in [0, 0.05) is 29.1 Å². The van der Waals surface area contributed by atoms with Gasteiger partial charge in [0.05, 0.1) is 25.5 Å². The first-order valence-electron chi connectivity index (χ1n) is 8.93. The first-order valence-corrected chi connectivity index (χ1v) is 8.93. The summed E-state index contributed by atoms with van der Waals surface area (Å²) < 4.78 is 10.7. The zero-order chi connectivity index (χ0) is 19.5. The number of aromatic nitrogens is 2. The van der Waals surface area contributed by atoms with E-state index in [0.29, 0.717) is 41.0 Å². The van der Waals surface area contributed by atoms with Crippen molar-refractivity contribution in [3.8, 4) is 23.1 Å². The fraction of sp³-hybridized carbons (Fsp3) is 0.238. The molecular weight excluding hydrogens is 356 g/mol. The number of fused-ring (bicyclic) bond motifs is 1. The summed E-state index contributed by atoms with van der Waals surface area (Å²) in [5.74, 6) is 0.296. The Balaban J connectivity index is 1.92. The molecule has 0 radical (unpaired) electrons. The van der Waals surface area contributed by atoms with Gasteiger partial charge in [-0.25, -0.2) is 4.98 Å². The van der Waals surface area contributed by atoms with Crippen LogP contribution in [0.15, 0.2) is 42.6 Å². The smallest absolute Gasteiger partial charge is 0.270 e. The van der Waals surface area contributed by atoms with Gasteiger partial charge in [-0.1, -0.05) is 6.07 Å². The molecule has 3 heterocycles. The average Bonchev–Trinajstić information content (AvgIpc) is 3.25. The molecule has 0 aliphatic carbocycles. The van der Waals surface area contributed by atoms with Crippen LogP contribution in [0.1, 0.15) is 22.6 Å².